The average Bonchev–Trinajstić information content (AvgIpc) is 2.95. The second-order valence-electron chi connectivity index (χ2n) is 5.30. The van der Waals surface area contributed by atoms with Gasteiger partial charge in [0.15, 0.2) is 5.82 Å². The third-order valence-electron chi connectivity index (χ3n) is 3.31. The molecule has 11 heteroatoms. The standard InChI is InChI=1S/C16H11Cl4N5OS/c17-8-1-2-13(20)12(6-8)15-23-24-16(25(15)21)27-7-14(26)22-11-4-9(18)3-10(19)5-11/h1-6H,7,21H2,(H,22,26). The maximum absolute atomic E-state index is 12.1. The first kappa shape index (κ1) is 20.1. The van der Waals surface area contributed by atoms with Crippen molar-refractivity contribution in [3.8, 4) is 11.4 Å². The van der Waals surface area contributed by atoms with Gasteiger partial charge in [0.05, 0.1) is 10.8 Å². The zero-order valence-corrected chi connectivity index (χ0v) is 17.3. The van der Waals surface area contributed by atoms with Crippen LogP contribution in [0.3, 0.4) is 0 Å². The molecule has 1 heterocycles. The SMILES string of the molecule is Nn1c(SCC(=O)Nc2cc(Cl)cc(Cl)c2)nnc1-c1cc(Cl)ccc1Cl. The molecule has 3 rings (SSSR count). The first-order chi connectivity index (χ1) is 12.8. The lowest BCUT2D eigenvalue weighted by molar-refractivity contribution is -0.113. The molecule has 0 saturated carbocycles. The smallest absolute Gasteiger partial charge is 0.234 e. The predicted octanol–water partition coefficient (Wildman–Crippen LogP) is 5.00. The van der Waals surface area contributed by atoms with E-state index in [2.05, 4.69) is 15.5 Å². The minimum atomic E-state index is -0.274. The number of halogens is 4. The molecule has 0 unspecified atom stereocenters. The van der Waals surface area contributed by atoms with E-state index in [1.54, 1.807) is 36.4 Å². The van der Waals surface area contributed by atoms with Gasteiger partial charge in [0.1, 0.15) is 0 Å². The summed E-state index contributed by atoms with van der Waals surface area (Å²) in [6, 6.07) is 9.71. The van der Waals surface area contributed by atoms with Crippen LogP contribution in [-0.2, 0) is 4.79 Å². The number of hydrogen-bond donors (Lipinski definition) is 2. The molecule has 1 aromatic heterocycles. The van der Waals surface area contributed by atoms with E-state index in [1.807, 2.05) is 0 Å². The van der Waals surface area contributed by atoms with E-state index < -0.39 is 0 Å². The van der Waals surface area contributed by atoms with Gasteiger partial charge >= 0.3 is 0 Å². The molecule has 0 atom stereocenters. The second kappa shape index (κ2) is 8.58. The maximum atomic E-state index is 12.1. The fraction of sp³-hybridized carbons (Fsp3) is 0.0625. The largest absolute Gasteiger partial charge is 0.335 e. The summed E-state index contributed by atoms with van der Waals surface area (Å²) in [6.07, 6.45) is 0. The van der Waals surface area contributed by atoms with Crippen molar-refractivity contribution in [2.75, 3.05) is 16.9 Å². The molecule has 0 bridgehead atoms. The molecule has 0 radical (unpaired) electrons. The molecule has 0 spiro atoms. The van der Waals surface area contributed by atoms with E-state index in [4.69, 9.17) is 52.2 Å². The van der Waals surface area contributed by atoms with E-state index in [0.717, 1.165) is 11.8 Å². The Hall–Kier alpha value is -1.64. The van der Waals surface area contributed by atoms with Gasteiger partial charge < -0.3 is 11.2 Å². The van der Waals surface area contributed by atoms with E-state index >= 15 is 0 Å². The Morgan fingerprint density at radius 2 is 1.74 bits per heavy atom. The zero-order valence-electron chi connectivity index (χ0n) is 13.4. The van der Waals surface area contributed by atoms with Gasteiger partial charge in [-0.1, -0.05) is 58.2 Å². The summed E-state index contributed by atoms with van der Waals surface area (Å²) in [4.78, 5) is 12.1. The molecule has 140 valence electrons. The van der Waals surface area contributed by atoms with Crippen LogP contribution in [0.4, 0.5) is 5.69 Å². The monoisotopic (exact) mass is 461 g/mol. The topological polar surface area (TPSA) is 85.8 Å². The highest BCUT2D eigenvalue weighted by molar-refractivity contribution is 7.99. The van der Waals surface area contributed by atoms with Crippen molar-refractivity contribution < 1.29 is 4.79 Å². The first-order valence-electron chi connectivity index (χ1n) is 7.38. The van der Waals surface area contributed by atoms with Crippen molar-refractivity contribution in [3.05, 3.63) is 56.5 Å². The van der Waals surface area contributed by atoms with Gasteiger partial charge in [0.25, 0.3) is 0 Å². The van der Waals surface area contributed by atoms with Gasteiger partial charge in [-0.3, -0.25) is 4.79 Å². The number of anilines is 1. The van der Waals surface area contributed by atoms with Crippen LogP contribution >= 0.6 is 58.2 Å². The number of nitrogen functional groups attached to an aromatic ring is 1. The van der Waals surface area contributed by atoms with Gasteiger partial charge in [0, 0.05) is 26.3 Å². The Kier molecular flexibility index (Phi) is 6.39. The summed E-state index contributed by atoms with van der Waals surface area (Å²) in [6.45, 7) is 0. The molecule has 0 aliphatic carbocycles. The normalized spacial score (nSPS) is 10.8. The molecule has 2 aromatic carbocycles. The van der Waals surface area contributed by atoms with E-state index in [-0.39, 0.29) is 11.7 Å². The lowest BCUT2D eigenvalue weighted by atomic mass is 10.2. The molecule has 0 aliphatic heterocycles. The number of aromatic nitrogens is 3. The minimum absolute atomic E-state index is 0.0583. The number of rotatable bonds is 5. The number of thioether (sulfide) groups is 1. The van der Waals surface area contributed by atoms with E-state index in [1.165, 1.54) is 4.68 Å². The third kappa shape index (κ3) is 5.00. The minimum Gasteiger partial charge on any atom is -0.335 e. The molecule has 0 saturated heterocycles. The number of nitrogens with zero attached hydrogens (tertiary/aromatic N) is 3. The number of nitrogens with one attached hydrogen (secondary N) is 1. The number of hydrogen-bond acceptors (Lipinski definition) is 5. The number of benzene rings is 2. The van der Waals surface area contributed by atoms with Crippen LogP contribution in [0, 0.1) is 0 Å². The molecule has 0 aliphatic rings. The number of carbonyl (C=O) groups is 1. The molecule has 1 amide bonds. The number of carbonyl (C=O) groups excluding carboxylic acids is 1. The Morgan fingerprint density at radius 1 is 1.04 bits per heavy atom. The molecule has 6 nitrogen and oxygen atoms in total. The maximum Gasteiger partial charge on any atom is 0.234 e. The highest BCUT2D eigenvalue weighted by atomic mass is 35.5. The van der Waals surface area contributed by atoms with Gasteiger partial charge in [-0.25, -0.2) is 4.68 Å². The molecule has 3 aromatic rings. The van der Waals surface area contributed by atoms with Crippen LogP contribution in [0.15, 0.2) is 41.6 Å². The quantitative estimate of drug-likeness (QED) is 0.411. The fourth-order valence-corrected chi connectivity index (χ4v) is 3.74. The van der Waals surface area contributed by atoms with Crippen LogP contribution in [0.25, 0.3) is 11.4 Å². The van der Waals surface area contributed by atoms with E-state index in [0.29, 0.717) is 42.3 Å². The zero-order chi connectivity index (χ0) is 19.6. The summed E-state index contributed by atoms with van der Waals surface area (Å²) in [5.41, 5.74) is 1.04. The molecule has 3 N–H and O–H groups in total. The van der Waals surface area contributed by atoms with Gasteiger partial charge in [-0.15, -0.1) is 10.2 Å². The summed E-state index contributed by atoms with van der Waals surface area (Å²) in [5.74, 6) is 6.16. The summed E-state index contributed by atoms with van der Waals surface area (Å²) >= 11 is 25.1. The Bertz CT molecular complexity index is 990. The predicted molar refractivity (Wildman–Crippen MR) is 111 cm³/mol. The lowest BCUT2D eigenvalue weighted by Crippen LogP contribution is -2.16. The van der Waals surface area contributed by atoms with Crippen molar-refractivity contribution in [2.45, 2.75) is 5.16 Å². The van der Waals surface area contributed by atoms with Crippen molar-refractivity contribution in [2.24, 2.45) is 0 Å². The van der Waals surface area contributed by atoms with Gasteiger partial charge in [-0.2, -0.15) is 0 Å². The van der Waals surface area contributed by atoms with Gasteiger partial charge in [0.2, 0.25) is 11.1 Å². The Morgan fingerprint density at radius 3 is 2.44 bits per heavy atom. The van der Waals surface area contributed by atoms with Crippen molar-refractivity contribution >= 4 is 69.8 Å². The molecular formula is C16H11Cl4N5OS. The molecule has 0 fully saturated rings. The number of amides is 1. The first-order valence-corrected chi connectivity index (χ1v) is 9.88. The number of nitrogens with two attached hydrogens (primary N) is 1. The Labute approximate surface area is 178 Å². The van der Waals surface area contributed by atoms with E-state index in [9.17, 15) is 4.79 Å². The third-order valence-corrected chi connectivity index (χ3v) is 5.26. The lowest BCUT2D eigenvalue weighted by Gasteiger charge is -2.07. The van der Waals surface area contributed by atoms with Crippen molar-refractivity contribution in [1.82, 2.24) is 14.9 Å². The van der Waals surface area contributed by atoms with Crippen molar-refractivity contribution in [1.29, 1.82) is 0 Å². The van der Waals surface area contributed by atoms with Gasteiger partial charge in [-0.05, 0) is 36.4 Å². The van der Waals surface area contributed by atoms with Crippen LogP contribution in [0.2, 0.25) is 20.1 Å². The molecule has 27 heavy (non-hydrogen) atoms. The summed E-state index contributed by atoms with van der Waals surface area (Å²) < 4.78 is 1.26. The van der Waals surface area contributed by atoms with Crippen LogP contribution in [0.1, 0.15) is 0 Å². The van der Waals surface area contributed by atoms with Crippen molar-refractivity contribution in [3.63, 3.8) is 0 Å². The fourth-order valence-electron chi connectivity index (χ4n) is 2.18. The Balaban J connectivity index is 1.69. The van der Waals surface area contributed by atoms with Crippen LogP contribution in [-0.4, -0.2) is 26.5 Å². The highest BCUT2D eigenvalue weighted by Crippen LogP contribution is 2.30. The van der Waals surface area contributed by atoms with Crippen LogP contribution < -0.4 is 11.2 Å². The second-order valence-corrected chi connectivity index (χ2v) is 7.95. The highest BCUT2D eigenvalue weighted by Gasteiger charge is 2.16. The van der Waals surface area contributed by atoms with Crippen LogP contribution in [0.5, 0.6) is 0 Å². The summed E-state index contributed by atoms with van der Waals surface area (Å²) in [7, 11) is 0. The average molecular weight is 463 g/mol. The molecular weight excluding hydrogens is 452 g/mol. The summed E-state index contributed by atoms with van der Waals surface area (Å²) in [5, 5.41) is 12.9.